The van der Waals surface area contributed by atoms with Gasteiger partial charge in [-0.15, -0.1) is 11.3 Å². The van der Waals surface area contributed by atoms with Crippen molar-refractivity contribution in [3.05, 3.63) is 68.7 Å². The van der Waals surface area contributed by atoms with Crippen molar-refractivity contribution in [1.29, 1.82) is 0 Å². The lowest BCUT2D eigenvalue weighted by Crippen LogP contribution is -2.52. The standard InChI is InChI=1S/C34H39N3O7S/c1-17-24-27(38)37(32(5,6)29(39)40)30(41)36(28(24)45-25(17)26-35-13-14-43-26)16-21(19-11-9-10-12-20(19)42-8)44-23-15-22-33(7)18(2)34(22,33)31(23,3)4/h9-14,18,21-23H,15-16H2,1-8H3,(H,39,40). The molecule has 0 saturated heterocycles. The fourth-order valence-electron chi connectivity index (χ4n) is 9.46. The third-order valence-corrected chi connectivity index (χ3v) is 13.3. The van der Waals surface area contributed by atoms with Crippen LogP contribution in [-0.2, 0) is 21.6 Å². The molecule has 11 heteroatoms. The normalized spacial score (nSPS) is 28.5. The van der Waals surface area contributed by atoms with E-state index in [1.807, 2.05) is 24.3 Å². The van der Waals surface area contributed by atoms with Crippen molar-refractivity contribution < 1.29 is 23.8 Å². The zero-order chi connectivity index (χ0) is 32.4. The van der Waals surface area contributed by atoms with Crippen LogP contribution in [0, 0.1) is 35.0 Å². The third kappa shape index (κ3) is 3.59. The fourth-order valence-corrected chi connectivity index (χ4v) is 10.7. The molecule has 1 aromatic carbocycles. The molecule has 1 N–H and O–H groups in total. The van der Waals surface area contributed by atoms with E-state index < -0.39 is 28.9 Å². The summed E-state index contributed by atoms with van der Waals surface area (Å²) in [5, 5.41) is 10.4. The molecule has 3 aromatic heterocycles. The van der Waals surface area contributed by atoms with Crippen molar-refractivity contribution in [1.82, 2.24) is 14.1 Å². The fraction of sp³-hybridized carbons (Fsp3) is 0.529. The van der Waals surface area contributed by atoms with Crippen LogP contribution in [0.1, 0.15) is 65.2 Å². The SMILES string of the molecule is COc1ccccc1C(Cn1c(=O)n(C(C)(C)C(=O)O)c(=O)c2c(C)c(-c3ncco3)sc21)OC1CC2C3(C)C(C)C23C1(C)C. The van der Waals surface area contributed by atoms with E-state index in [1.54, 1.807) is 14.0 Å². The number of carboxylic acid groups (broad SMARTS) is 1. The minimum absolute atomic E-state index is 0.0354. The Labute approximate surface area is 264 Å². The predicted molar refractivity (Wildman–Crippen MR) is 170 cm³/mol. The number of aromatic nitrogens is 3. The van der Waals surface area contributed by atoms with Gasteiger partial charge < -0.3 is 19.0 Å². The Morgan fingerprint density at radius 1 is 1.24 bits per heavy atom. The van der Waals surface area contributed by atoms with Gasteiger partial charge in [0.25, 0.3) is 5.56 Å². The van der Waals surface area contributed by atoms with Gasteiger partial charge in [-0.3, -0.25) is 9.36 Å². The summed E-state index contributed by atoms with van der Waals surface area (Å²) in [5.41, 5.74) is -1.33. The van der Waals surface area contributed by atoms with E-state index in [0.29, 0.717) is 44.2 Å². The Hall–Kier alpha value is -3.70. The number of nitrogens with zero attached hydrogens (tertiary/aromatic N) is 3. The number of para-hydroxylation sites is 1. The van der Waals surface area contributed by atoms with Gasteiger partial charge in [-0.1, -0.05) is 45.9 Å². The van der Waals surface area contributed by atoms with Crippen LogP contribution in [0.15, 0.2) is 50.7 Å². The average Bonchev–Trinajstić information content (AvgIpc) is 3.39. The number of hydrogen-bond acceptors (Lipinski definition) is 8. The first kappa shape index (κ1) is 30.0. The highest BCUT2D eigenvalue weighted by Crippen LogP contribution is 3.02. The molecule has 7 rings (SSSR count). The number of hydrogen-bond donors (Lipinski definition) is 1. The number of aliphatic carboxylic acids is 1. The summed E-state index contributed by atoms with van der Waals surface area (Å²) in [5.74, 6) is 0.891. The quantitative estimate of drug-likeness (QED) is 0.244. The molecule has 4 aromatic rings. The Morgan fingerprint density at radius 3 is 2.56 bits per heavy atom. The van der Waals surface area contributed by atoms with Crippen LogP contribution in [0.25, 0.3) is 21.0 Å². The minimum atomic E-state index is -1.82. The highest BCUT2D eigenvalue weighted by Gasteiger charge is 2.99. The van der Waals surface area contributed by atoms with Gasteiger partial charge in [0, 0.05) is 5.56 Å². The number of methoxy groups -OCH3 is 1. The van der Waals surface area contributed by atoms with E-state index in [9.17, 15) is 19.5 Å². The summed E-state index contributed by atoms with van der Waals surface area (Å²) in [6, 6.07) is 7.60. The van der Waals surface area contributed by atoms with Gasteiger partial charge in [0.05, 0.1) is 36.2 Å². The van der Waals surface area contributed by atoms with E-state index in [-0.39, 0.29) is 28.9 Å². The third-order valence-electron chi connectivity index (χ3n) is 12.0. The number of oxazole rings is 1. The van der Waals surface area contributed by atoms with E-state index in [2.05, 4.69) is 32.7 Å². The maximum Gasteiger partial charge on any atom is 0.333 e. The molecule has 6 unspecified atom stereocenters. The highest BCUT2D eigenvalue weighted by molar-refractivity contribution is 7.22. The first-order valence-corrected chi connectivity index (χ1v) is 16.2. The van der Waals surface area contributed by atoms with E-state index >= 15 is 0 Å². The maximum atomic E-state index is 14.4. The summed E-state index contributed by atoms with van der Waals surface area (Å²) in [7, 11) is 1.60. The zero-order valence-corrected chi connectivity index (χ0v) is 27.7. The first-order valence-electron chi connectivity index (χ1n) is 15.4. The van der Waals surface area contributed by atoms with Gasteiger partial charge >= 0.3 is 11.7 Å². The van der Waals surface area contributed by atoms with Crippen molar-refractivity contribution in [3.8, 4) is 16.5 Å². The molecule has 3 aliphatic carbocycles. The summed E-state index contributed by atoms with van der Waals surface area (Å²) >= 11 is 1.23. The van der Waals surface area contributed by atoms with Gasteiger partial charge in [-0.25, -0.2) is 19.1 Å². The van der Waals surface area contributed by atoms with Gasteiger partial charge in [0.2, 0.25) is 5.89 Å². The molecule has 10 nitrogen and oxygen atoms in total. The van der Waals surface area contributed by atoms with Crippen LogP contribution in [0.4, 0.5) is 0 Å². The van der Waals surface area contributed by atoms with Crippen LogP contribution >= 0.6 is 11.3 Å². The summed E-state index contributed by atoms with van der Waals surface area (Å²) < 4.78 is 20.8. The summed E-state index contributed by atoms with van der Waals surface area (Å²) in [6.45, 7) is 13.9. The van der Waals surface area contributed by atoms with Crippen molar-refractivity contribution >= 4 is 27.5 Å². The molecule has 45 heavy (non-hydrogen) atoms. The maximum absolute atomic E-state index is 14.4. The van der Waals surface area contributed by atoms with Gasteiger partial charge in [0.1, 0.15) is 28.5 Å². The minimum Gasteiger partial charge on any atom is -0.496 e. The predicted octanol–water partition coefficient (Wildman–Crippen LogP) is 5.85. The van der Waals surface area contributed by atoms with Crippen molar-refractivity contribution in [3.63, 3.8) is 0 Å². The molecule has 0 radical (unpaired) electrons. The molecule has 0 aliphatic heterocycles. The van der Waals surface area contributed by atoms with Crippen LogP contribution in [0.5, 0.6) is 5.75 Å². The lowest BCUT2D eigenvalue weighted by atomic mass is 9.79. The highest BCUT2D eigenvalue weighted by atomic mass is 32.1. The van der Waals surface area contributed by atoms with Crippen LogP contribution in [0.2, 0.25) is 0 Å². The largest absolute Gasteiger partial charge is 0.496 e. The molecular weight excluding hydrogens is 594 g/mol. The molecule has 3 aliphatic rings. The molecule has 1 spiro atoms. The van der Waals surface area contributed by atoms with E-state index in [0.717, 1.165) is 16.6 Å². The molecule has 0 amide bonds. The second-order valence-electron chi connectivity index (χ2n) is 14.2. The second-order valence-corrected chi connectivity index (χ2v) is 15.2. The Morgan fingerprint density at radius 2 is 1.96 bits per heavy atom. The number of thiophene rings is 1. The number of fused-ring (bicyclic) bond motifs is 2. The van der Waals surface area contributed by atoms with Crippen molar-refractivity contribution in [2.45, 2.75) is 79.2 Å². The molecule has 3 heterocycles. The topological polar surface area (TPSA) is 126 Å². The molecule has 3 saturated carbocycles. The Bertz CT molecular complexity index is 1990. The number of rotatable bonds is 9. The monoisotopic (exact) mass is 633 g/mol. The first-order chi connectivity index (χ1) is 21.2. The molecule has 3 fully saturated rings. The molecule has 6 atom stereocenters. The van der Waals surface area contributed by atoms with Gasteiger partial charge in [0.15, 0.2) is 0 Å². The van der Waals surface area contributed by atoms with Crippen LogP contribution < -0.4 is 16.0 Å². The summed E-state index contributed by atoms with van der Waals surface area (Å²) in [6.07, 6.45) is 3.19. The Kier molecular flexibility index (Phi) is 6.27. The number of benzene rings is 1. The lowest BCUT2D eigenvalue weighted by molar-refractivity contribution is -0.146. The lowest BCUT2D eigenvalue weighted by Gasteiger charge is -2.36. The van der Waals surface area contributed by atoms with Crippen LogP contribution in [-0.4, -0.2) is 38.4 Å². The number of carbonyl (C=O) groups is 1. The number of carboxylic acids is 1. The summed E-state index contributed by atoms with van der Waals surface area (Å²) in [4.78, 5) is 46.1. The van der Waals surface area contributed by atoms with Crippen molar-refractivity contribution in [2.75, 3.05) is 7.11 Å². The molecule has 238 valence electrons. The smallest absolute Gasteiger partial charge is 0.333 e. The number of ether oxygens (including phenoxy) is 2. The second kappa shape index (κ2) is 9.42. The van der Waals surface area contributed by atoms with Crippen LogP contribution in [0.3, 0.4) is 0 Å². The Balaban J connectivity index is 1.42. The van der Waals surface area contributed by atoms with E-state index in [1.165, 1.54) is 42.2 Å². The molecule has 0 bridgehead atoms. The van der Waals surface area contributed by atoms with Gasteiger partial charge in [-0.05, 0) is 66.9 Å². The van der Waals surface area contributed by atoms with Gasteiger partial charge in [-0.2, -0.15) is 0 Å². The van der Waals surface area contributed by atoms with Crippen molar-refractivity contribution in [2.24, 2.45) is 28.1 Å². The number of aryl methyl sites for hydroxylation is 1. The van der Waals surface area contributed by atoms with E-state index in [4.69, 9.17) is 13.9 Å². The molecular formula is C34H39N3O7S. The zero-order valence-electron chi connectivity index (χ0n) is 26.8. The average molecular weight is 634 g/mol.